The molecule has 8 heteroatoms. The Morgan fingerprint density at radius 2 is 1.86 bits per heavy atom. The fourth-order valence-electron chi connectivity index (χ4n) is 3.21. The quantitative estimate of drug-likeness (QED) is 0.537. The van der Waals surface area contributed by atoms with Crippen molar-refractivity contribution in [2.45, 2.75) is 13.0 Å². The molecule has 2 heterocycles. The lowest BCUT2D eigenvalue weighted by Gasteiger charge is -2.23. The summed E-state index contributed by atoms with van der Waals surface area (Å²) in [7, 11) is 4.02. The minimum Gasteiger partial charge on any atom is -0.460 e. The molecule has 1 aromatic heterocycles. The van der Waals surface area contributed by atoms with E-state index in [0.717, 1.165) is 37.5 Å². The lowest BCUT2D eigenvalue weighted by Crippen LogP contribution is -2.37. The Labute approximate surface area is 164 Å². The third kappa shape index (κ3) is 5.17. The van der Waals surface area contributed by atoms with E-state index in [1.807, 2.05) is 31.1 Å². The molecule has 8 nitrogen and oxygen atoms in total. The van der Waals surface area contributed by atoms with Gasteiger partial charge in [-0.05, 0) is 38.4 Å². The monoisotopic (exact) mass is 386 g/mol. The highest BCUT2D eigenvalue weighted by molar-refractivity contribution is 5.76. The van der Waals surface area contributed by atoms with Gasteiger partial charge in [-0.25, -0.2) is 0 Å². The predicted octanol–water partition coefficient (Wildman–Crippen LogP) is 2.45. The Bertz CT molecular complexity index is 816. The van der Waals surface area contributed by atoms with Gasteiger partial charge in [0.1, 0.15) is 11.5 Å². The van der Waals surface area contributed by atoms with Gasteiger partial charge in [-0.1, -0.05) is 0 Å². The summed E-state index contributed by atoms with van der Waals surface area (Å²) in [5, 5.41) is 10.8. The summed E-state index contributed by atoms with van der Waals surface area (Å²) in [5.41, 5.74) is 0.862. The van der Waals surface area contributed by atoms with Crippen LogP contribution in [0.4, 0.5) is 5.69 Å². The van der Waals surface area contributed by atoms with Crippen LogP contribution in [0.2, 0.25) is 0 Å². The van der Waals surface area contributed by atoms with E-state index >= 15 is 0 Å². The van der Waals surface area contributed by atoms with Crippen LogP contribution in [0, 0.1) is 10.1 Å². The van der Waals surface area contributed by atoms with Gasteiger partial charge >= 0.3 is 0 Å². The molecular formula is C20H26N4O4. The first-order valence-corrected chi connectivity index (χ1v) is 9.41. The molecule has 1 fully saturated rings. The molecule has 1 aliphatic rings. The van der Waals surface area contributed by atoms with Gasteiger partial charge in [0, 0.05) is 56.8 Å². The zero-order valence-electron chi connectivity index (χ0n) is 16.3. The number of nitrogens with zero attached hydrogens (tertiary/aromatic N) is 4. The zero-order chi connectivity index (χ0) is 20.1. The second kappa shape index (κ2) is 8.99. The van der Waals surface area contributed by atoms with E-state index < -0.39 is 4.92 Å². The van der Waals surface area contributed by atoms with Crippen LogP contribution in [0.25, 0.3) is 11.3 Å². The molecule has 1 aromatic carbocycles. The van der Waals surface area contributed by atoms with Crippen molar-refractivity contribution in [1.82, 2.24) is 14.7 Å². The van der Waals surface area contributed by atoms with Crippen LogP contribution < -0.4 is 0 Å². The summed E-state index contributed by atoms with van der Waals surface area (Å²) in [4.78, 5) is 28.9. The van der Waals surface area contributed by atoms with E-state index in [1.54, 1.807) is 12.1 Å². The highest BCUT2D eigenvalue weighted by atomic mass is 16.6. The molecule has 0 unspecified atom stereocenters. The zero-order valence-corrected chi connectivity index (χ0v) is 16.3. The van der Waals surface area contributed by atoms with Gasteiger partial charge < -0.3 is 14.2 Å². The fourth-order valence-corrected chi connectivity index (χ4v) is 3.21. The standard InChI is InChI=1S/C20H26N4O4/c1-21(2)11-13-23-14-12-22(10-9-20(23)25)15-18-7-8-19(28-18)16-3-5-17(6-4-16)24(26)27/h3-8H,9-15H2,1-2H3. The summed E-state index contributed by atoms with van der Waals surface area (Å²) in [6, 6.07) is 10.1. The molecular weight excluding hydrogens is 360 g/mol. The van der Waals surface area contributed by atoms with Crippen LogP contribution in [0.15, 0.2) is 40.8 Å². The topological polar surface area (TPSA) is 83.1 Å². The van der Waals surface area contributed by atoms with Gasteiger partial charge in [0.15, 0.2) is 0 Å². The van der Waals surface area contributed by atoms with Crippen molar-refractivity contribution in [3.63, 3.8) is 0 Å². The van der Waals surface area contributed by atoms with E-state index in [9.17, 15) is 14.9 Å². The van der Waals surface area contributed by atoms with Crippen molar-refractivity contribution in [2.75, 3.05) is 46.8 Å². The van der Waals surface area contributed by atoms with E-state index in [-0.39, 0.29) is 11.6 Å². The number of furan rings is 1. The number of nitro benzene ring substituents is 1. The number of likely N-dealkylation sites (N-methyl/N-ethyl adjacent to an activating group) is 1. The van der Waals surface area contributed by atoms with Gasteiger partial charge in [0.25, 0.3) is 5.69 Å². The predicted molar refractivity (Wildman–Crippen MR) is 106 cm³/mol. The number of hydrogen-bond donors (Lipinski definition) is 0. The van der Waals surface area contributed by atoms with Crippen LogP contribution in [0.5, 0.6) is 0 Å². The molecule has 0 atom stereocenters. The Morgan fingerprint density at radius 1 is 1.11 bits per heavy atom. The number of carbonyl (C=O) groups is 1. The van der Waals surface area contributed by atoms with Crippen LogP contribution in [-0.2, 0) is 11.3 Å². The van der Waals surface area contributed by atoms with Gasteiger partial charge in [0.2, 0.25) is 5.91 Å². The molecule has 2 aromatic rings. The molecule has 0 aliphatic carbocycles. The number of non-ortho nitro benzene ring substituents is 1. The summed E-state index contributed by atoms with van der Waals surface area (Å²) >= 11 is 0. The molecule has 150 valence electrons. The summed E-state index contributed by atoms with van der Waals surface area (Å²) in [6.45, 7) is 4.51. The number of hydrogen-bond acceptors (Lipinski definition) is 6. The van der Waals surface area contributed by atoms with Gasteiger partial charge in [0.05, 0.1) is 11.5 Å². The van der Waals surface area contributed by atoms with E-state index in [2.05, 4.69) is 9.80 Å². The molecule has 28 heavy (non-hydrogen) atoms. The van der Waals surface area contributed by atoms with Crippen molar-refractivity contribution >= 4 is 11.6 Å². The Balaban J connectivity index is 1.59. The maximum atomic E-state index is 12.3. The molecule has 0 bridgehead atoms. The third-order valence-electron chi connectivity index (χ3n) is 4.90. The lowest BCUT2D eigenvalue weighted by atomic mass is 10.1. The van der Waals surface area contributed by atoms with E-state index in [1.165, 1.54) is 12.1 Å². The minimum absolute atomic E-state index is 0.0589. The average Bonchev–Trinajstić information content (AvgIpc) is 3.06. The van der Waals surface area contributed by atoms with Crippen molar-refractivity contribution in [3.8, 4) is 11.3 Å². The number of benzene rings is 1. The molecule has 1 aliphatic heterocycles. The van der Waals surface area contributed by atoms with Crippen LogP contribution >= 0.6 is 0 Å². The van der Waals surface area contributed by atoms with Crippen LogP contribution in [0.1, 0.15) is 12.2 Å². The van der Waals surface area contributed by atoms with E-state index in [0.29, 0.717) is 25.3 Å². The molecule has 0 radical (unpaired) electrons. The number of carbonyl (C=O) groups excluding carboxylic acids is 1. The smallest absolute Gasteiger partial charge is 0.269 e. The summed E-state index contributed by atoms with van der Waals surface area (Å²) in [6.07, 6.45) is 0.517. The maximum Gasteiger partial charge on any atom is 0.269 e. The third-order valence-corrected chi connectivity index (χ3v) is 4.90. The fraction of sp³-hybridized carbons (Fsp3) is 0.450. The number of nitro groups is 1. The summed E-state index contributed by atoms with van der Waals surface area (Å²) < 4.78 is 5.93. The first-order valence-electron chi connectivity index (χ1n) is 9.41. The summed E-state index contributed by atoms with van der Waals surface area (Å²) in [5.74, 6) is 1.71. The van der Waals surface area contributed by atoms with Crippen LogP contribution in [0.3, 0.4) is 0 Å². The van der Waals surface area contributed by atoms with Gasteiger partial charge in [-0.2, -0.15) is 0 Å². The van der Waals surface area contributed by atoms with Gasteiger partial charge in [-0.15, -0.1) is 0 Å². The Hall–Kier alpha value is -2.71. The van der Waals surface area contributed by atoms with Crippen LogP contribution in [-0.4, -0.2) is 72.3 Å². The highest BCUT2D eigenvalue weighted by Crippen LogP contribution is 2.25. The first kappa shape index (κ1) is 20.0. The lowest BCUT2D eigenvalue weighted by molar-refractivity contribution is -0.384. The first-order chi connectivity index (χ1) is 13.4. The van der Waals surface area contributed by atoms with Crippen molar-refractivity contribution in [2.24, 2.45) is 0 Å². The minimum atomic E-state index is -0.417. The second-order valence-corrected chi connectivity index (χ2v) is 7.28. The number of rotatable bonds is 7. The second-order valence-electron chi connectivity index (χ2n) is 7.28. The van der Waals surface area contributed by atoms with Crippen molar-refractivity contribution in [1.29, 1.82) is 0 Å². The van der Waals surface area contributed by atoms with Crippen molar-refractivity contribution < 1.29 is 14.1 Å². The van der Waals surface area contributed by atoms with Crippen molar-refractivity contribution in [3.05, 3.63) is 52.3 Å². The SMILES string of the molecule is CN(C)CCN1CCN(Cc2ccc(-c3ccc([N+](=O)[O-])cc3)o2)CCC1=O. The molecule has 0 spiro atoms. The molecule has 1 saturated heterocycles. The molecule has 0 N–H and O–H groups in total. The Morgan fingerprint density at radius 3 is 2.54 bits per heavy atom. The molecule has 0 saturated carbocycles. The largest absolute Gasteiger partial charge is 0.460 e. The van der Waals surface area contributed by atoms with E-state index in [4.69, 9.17) is 4.42 Å². The maximum absolute atomic E-state index is 12.3. The average molecular weight is 386 g/mol. The Kier molecular flexibility index (Phi) is 6.43. The highest BCUT2D eigenvalue weighted by Gasteiger charge is 2.21. The molecule has 1 amide bonds. The molecule has 3 rings (SSSR count). The normalized spacial score (nSPS) is 15.8. The van der Waals surface area contributed by atoms with Gasteiger partial charge in [-0.3, -0.25) is 19.8 Å². The number of amides is 1.